The van der Waals surface area contributed by atoms with Crippen LogP contribution in [0.3, 0.4) is 0 Å². The van der Waals surface area contributed by atoms with E-state index in [0.29, 0.717) is 11.1 Å². The van der Waals surface area contributed by atoms with Crippen molar-refractivity contribution in [1.29, 1.82) is 0 Å². The third-order valence-corrected chi connectivity index (χ3v) is 5.04. The first kappa shape index (κ1) is 23.8. The quantitative estimate of drug-likeness (QED) is 0.519. The topological polar surface area (TPSA) is 88.5 Å². The van der Waals surface area contributed by atoms with Gasteiger partial charge in [-0.2, -0.15) is 13.2 Å². The Hall–Kier alpha value is -3.88. The summed E-state index contributed by atoms with van der Waals surface area (Å²) in [6.07, 6.45) is -4.81. The molecule has 1 heterocycles. The summed E-state index contributed by atoms with van der Waals surface area (Å²) in [5.41, 5.74) is 1.14. The van der Waals surface area contributed by atoms with Gasteiger partial charge in [0.25, 0.3) is 5.91 Å². The fourth-order valence-corrected chi connectivity index (χ4v) is 3.38. The van der Waals surface area contributed by atoms with Gasteiger partial charge >= 0.3 is 12.1 Å². The molecular weight excluding hydrogens is 437 g/mol. The highest BCUT2D eigenvalue weighted by atomic mass is 19.4. The lowest BCUT2D eigenvalue weighted by molar-refractivity contribution is -0.138. The molecule has 0 saturated heterocycles. The maximum Gasteiger partial charge on any atom is 0.416 e. The molecule has 1 aromatic heterocycles. The predicted molar refractivity (Wildman–Crippen MR) is 115 cm³/mol. The molecular formula is C24H21F3N2O4. The Morgan fingerprint density at radius 2 is 1.73 bits per heavy atom. The Morgan fingerprint density at radius 3 is 2.30 bits per heavy atom. The number of carbonyl (C=O) groups excluding carboxylic acids is 1. The van der Waals surface area contributed by atoms with Gasteiger partial charge in [0, 0.05) is 5.56 Å². The number of aromatic nitrogens is 1. The number of methoxy groups -OCH3 is 1. The lowest BCUT2D eigenvalue weighted by Crippen LogP contribution is -2.31. The molecule has 3 rings (SSSR count). The van der Waals surface area contributed by atoms with Gasteiger partial charge in [-0.25, -0.2) is 4.98 Å². The minimum Gasteiger partial charge on any atom is -0.494 e. The molecule has 0 spiro atoms. The number of carboxylic acids is 1. The van der Waals surface area contributed by atoms with Crippen molar-refractivity contribution in [3.8, 4) is 17.0 Å². The zero-order chi connectivity index (χ0) is 24.2. The average Bonchev–Trinajstić information content (AvgIpc) is 2.77. The summed E-state index contributed by atoms with van der Waals surface area (Å²) in [6, 6.07) is 13.5. The molecule has 1 amide bonds. The Labute approximate surface area is 188 Å². The number of hydrogen-bond acceptors (Lipinski definition) is 4. The highest BCUT2D eigenvalue weighted by Crippen LogP contribution is 2.33. The summed E-state index contributed by atoms with van der Waals surface area (Å²) in [4.78, 5) is 28.6. The van der Waals surface area contributed by atoms with Crippen LogP contribution in [0.15, 0.2) is 60.7 Å². The molecule has 0 fully saturated rings. The van der Waals surface area contributed by atoms with Crippen LogP contribution >= 0.6 is 0 Å². The van der Waals surface area contributed by atoms with Gasteiger partial charge in [-0.15, -0.1) is 0 Å². The molecule has 33 heavy (non-hydrogen) atoms. The van der Waals surface area contributed by atoms with Crippen molar-refractivity contribution in [3.05, 3.63) is 83.0 Å². The SMILES string of the molecule is COc1ccc(C(=O)NC(CC(=O)O)c2ccccc2C)nc1-c1ccc(C(F)(F)F)cc1. The van der Waals surface area contributed by atoms with E-state index in [1.807, 2.05) is 13.0 Å². The zero-order valence-corrected chi connectivity index (χ0v) is 17.8. The van der Waals surface area contributed by atoms with Crippen LogP contribution in [0, 0.1) is 6.92 Å². The van der Waals surface area contributed by atoms with E-state index in [4.69, 9.17) is 4.74 Å². The molecule has 0 aliphatic rings. The Bertz CT molecular complexity index is 1160. The number of aliphatic carboxylic acids is 1. The largest absolute Gasteiger partial charge is 0.494 e. The number of nitrogens with zero attached hydrogens (tertiary/aromatic N) is 1. The predicted octanol–water partition coefficient (Wildman–Crippen LogP) is 5.03. The number of aryl methyl sites for hydroxylation is 1. The monoisotopic (exact) mass is 458 g/mol. The van der Waals surface area contributed by atoms with E-state index in [9.17, 15) is 27.9 Å². The molecule has 172 valence electrons. The fraction of sp³-hybridized carbons (Fsp3) is 0.208. The van der Waals surface area contributed by atoms with Crippen LogP contribution in [-0.4, -0.2) is 29.1 Å². The fourth-order valence-electron chi connectivity index (χ4n) is 3.38. The number of alkyl halides is 3. The van der Waals surface area contributed by atoms with E-state index in [2.05, 4.69) is 10.3 Å². The number of carboxylic acid groups (broad SMARTS) is 1. The number of rotatable bonds is 7. The Balaban J connectivity index is 1.93. The van der Waals surface area contributed by atoms with Crippen molar-refractivity contribution in [2.45, 2.75) is 25.6 Å². The van der Waals surface area contributed by atoms with Crippen LogP contribution in [0.5, 0.6) is 5.75 Å². The Kier molecular flexibility index (Phi) is 7.01. The van der Waals surface area contributed by atoms with Gasteiger partial charge in [0.1, 0.15) is 17.1 Å². The van der Waals surface area contributed by atoms with E-state index < -0.39 is 29.7 Å². The van der Waals surface area contributed by atoms with E-state index in [1.54, 1.807) is 18.2 Å². The molecule has 1 unspecified atom stereocenters. The van der Waals surface area contributed by atoms with Crippen molar-refractivity contribution in [2.75, 3.05) is 7.11 Å². The molecule has 0 bridgehead atoms. The number of ether oxygens (including phenoxy) is 1. The molecule has 0 radical (unpaired) electrons. The van der Waals surface area contributed by atoms with E-state index in [0.717, 1.165) is 17.7 Å². The van der Waals surface area contributed by atoms with Crippen molar-refractivity contribution in [1.82, 2.24) is 10.3 Å². The Morgan fingerprint density at radius 1 is 1.06 bits per heavy atom. The molecule has 3 aromatic rings. The van der Waals surface area contributed by atoms with Gasteiger partial charge in [-0.05, 0) is 42.3 Å². The van der Waals surface area contributed by atoms with Crippen LogP contribution in [0.4, 0.5) is 13.2 Å². The second-order valence-corrected chi connectivity index (χ2v) is 7.30. The maximum atomic E-state index is 12.9. The number of hydrogen-bond donors (Lipinski definition) is 2. The zero-order valence-electron chi connectivity index (χ0n) is 17.8. The van der Waals surface area contributed by atoms with Gasteiger partial charge in [-0.1, -0.05) is 36.4 Å². The minimum absolute atomic E-state index is 0.0327. The molecule has 0 aliphatic carbocycles. The van der Waals surface area contributed by atoms with Gasteiger partial charge in [0.05, 0.1) is 25.1 Å². The third kappa shape index (κ3) is 5.68. The second-order valence-electron chi connectivity index (χ2n) is 7.30. The van der Waals surface area contributed by atoms with Gasteiger partial charge < -0.3 is 15.2 Å². The van der Waals surface area contributed by atoms with Crippen LogP contribution in [0.1, 0.15) is 39.6 Å². The highest BCUT2D eigenvalue weighted by Gasteiger charge is 2.30. The molecule has 9 heteroatoms. The van der Waals surface area contributed by atoms with Crippen molar-refractivity contribution in [3.63, 3.8) is 0 Å². The van der Waals surface area contributed by atoms with Crippen LogP contribution in [-0.2, 0) is 11.0 Å². The lowest BCUT2D eigenvalue weighted by Gasteiger charge is -2.19. The first-order valence-corrected chi connectivity index (χ1v) is 9.91. The summed E-state index contributed by atoms with van der Waals surface area (Å²) in [6.45, 7) is 1.81. The summed E-state index contributed by atoms with van der Waals surface area (Å²) in [5.74, 6) is -1.44. The molecule has 0 aliphatic heterocycles. The summed E-state index contributed by atoms with van der Waals surface area (Å²) in [7, 11) is 1.38. The molecule has 6 nitrogen and oxygen atoms in total. The van der Waals surface area contributed by atoms with Crippen molar-refractivity contribution < 1.29 is 32.6 Å². The smallest absolute Gasteiger partial charge is 0.416 e. The summed E-state index contributed by atoms with van der Waals surface area (Å²) in [5, 5.41) is 12.0. The minimum atomic E-state index is -4.48. The average molecular weight is 458 g/mol. The van der Waals surface area contributed by atoms with Crippen LogP contribution in [0.2, 0.25) is 0 Å². The number of carbonyl (C=O) groups is 2. The van der Waals surface area contributed by atoms with Crippen LogP contribution < -0.4 is 10.1 Å². The number of pyridine rings is 1. The summed E-state index contributed by atoms with van der Waals surface area (Å²) >= 11 is 0. The third-order valence-electron chi connectivity index (χ3n) is 5.04. The van der Waals surface area contributed by atoms with E-state index in [-0.39, 0.29) is 23.6 Å². The number of benzene rings is 2. The molecule has 2 aromatic carbocycles. The van der Waals surface area contributed by atoms with E-state index >= 15 is 0 Å². The standard InChI is InChI=1S/C24H21F3N2O4/c1-14-5-3-4-6-17(14)19(13-21(30)31)29-23(32)18-11-12-20(33-2)22(28-18)15-7-9-16(10-8-15)24(25,26)27/h3-12,19H,13H2,1-2H3,(H,29,32)(H,30,31). The summed E-state index contributed by atoms with van der Waals surface area (Å²) < 4.78 is 43.9. The number of halogens is 3. The first-order valence-electron chi connectivity index (χ1n) is 9.91. The number of nitrogens with one attached hydrogen (secondary N) is 1. The maximum absolute atomic E-state index is 12.9. The van der Waals surface area contributed by atoms with Gasteiger partial charge in [-0.3, -0.25) is 9.59 Å². The van der Waals surface area contributed by atoms with Gasteiger partial charge in [0.2, 0.25) is 0 Å². The lowest BCUT2D eigenvalue weighted by atomic mass is 9.98. The molecule has 0 saturated carbocycles. The first-order chi connectivity index (χ1) is 15.6. The highest BCUT2D eigenvalue weighted by molar-refractivity contribution is 5.93. The second kappa shape index (κ2) is 9.72. The van der Waals surface area contributed by atoms with Crippen LogP contribution in [0.25, 0.3) is 11.3 Å². The number of amides is 1. The molecule has 2 N–H and O–H groups in total. The molecule has 1 atom stereocenters. The van der Waals surface area contributed by atoms with Crippen molar-refractivity contribution in [2.24, 2.45) is 0 Å². The van der Waals surface area contributed by atoms with E-state index in [1.165, 1.54) is 31.4 Å². The normalized spacial score (nSPS) is 12.2. The van der Waals surface area contributed by atoms with Gasteiger partial charge in [0.15, 0.2) is 0 Å². The van der Waals surface area contributed by atoms with Crippen molar-refractivity contribution >= 4 is 11.9 Å².